The van der Waals surface area contributed by atoms with Gasteiger partial charge in [-0.3, -0.25) is 0 Å². The molecule has 3 aromatic rings. The van der Waals surface area contributed by atoms with Crippen LogP contribution < -0.4 is 0 Å². The highest BCUT2D eigenvalue weighted by Gasteiger charge is 2.48. The van der Waals surface area contributed by atoms with Gasteiger partial charge in [-0.1, -0.05) is 71.4 Å². The number of rotatable bonds is 6. The van der Waals surface area contributed by atoms with Crippen molar-refractivity contribution in [3.05, 3.63) is 93.8 Å². The van der Waals surface area contributed by atoms with Crippen LogP contribution in [0.5, 0.6) is 0 Å². The Labute approximate surface area is 254 Å². The fourth-order valence-corrected chi connectivity index (χ4v) is 7.96. The van der Waals surface area contributed by atoms with E-state index in [-0.39, 0.29) is 28.3 Å². The molecule has 0 aromatic heterocycles. The van der Waals surface area contributed by atoms with Gasteiger partial charge in [0.05, 0.1) is 11.7 Å². The average molecular weight is 613 g/mol. The molecule has 1 fully saturated rings. The van der Waals surface area contributed by atoms with Crippen LogP contribution in [0.3, 0.4) is 0 Å². The van der Waals surface area contributed by atoms with Gasteiger partial charge in [0.1, 0.15) is 11.9 Å². The third kappa shape index (κ3) is 6.10. The molecule has 0 heterocycles. The largest absolute Gasteiger partial charge is 0.416 e. The molecule has 2 unspecified atom stereocenters. The maximum atomic E-state index is 14.2. The number of fused-ring (bicyclic) bond motifs is 1. The Morgan fingerprint density at radius 2 is 1.56 bits per heavy atom. The van der Waals surface area contributed by atoms with Crippen LogP contribution in [0.15, 0.2) is 54.6 Å². The minimum Gasteiger partial charge on any atom is -0.410 e. The van der Waals surface area contributed by atoms with E-state index >= 15 is 0 Å². The first-order valence-corrected chi connectivity index (χ1v) is 18.3. The van der Waals surface area contributed by atoms with Crippen molar-refractivity contribution in [3.8, 4) is 11.1 Å². The van der Waals surface area contributed by atoms with Crippen molar-refractivity contribution < 1.29 is 27.1 Å². The first-order valence-electron chi connectivity index (χ1n) is 15.4. The van der Waals surface area contributed by atoms with E-state index in [4.69, 9.17) is 4.43 Å². The highest BCUT2D eigenvalue weighted by atomic mass is 28.4. The summed E-state index contributed by atoms with van der Waals surface area (Å²) in [6, 6.07) is 13.3. The Morgan fingerprint density at radius 1 is 0.953 bits per heavy atom. The summed E-state index contributed by atoms with van der Waals surface area (Å²) in [5, 5.41) is 12.0. The summed E-state index contributed by atoms with van der Waals surface area (Å²) in [5.74, 6) is -0.326. The normalized spacial score (nSPS) is 19.3. The first-order chi connectivity index (χ1) is 19.9. The number of hydrogen-bond acceptors (Lipinski definition) is 2. The maximum absolute atomic E-state index is 14.2. The van der Waals surface area contributed by atoms with Crippen molar-refractivity contribution in [3.63, 3.8) is 0 Å². The van der Waals surface area contributed by atoms with Crippen LogP contribution >= 0.6 is 0 Å². The van der Waals surface area contributed by atoms with Crippen molar-refractivity contribution in [2.24, 2.45) is 5.41 Å². The van der Waals surface area contributed by atoms with E-state index < -0.39 is 26.2 Å². The molecule has 43 heavy (non-hydrogen) atoms. The van der Waals surface area contributed by atoms with Crippen LogP contribution in [-0.2, 0) is 17.0 Å². The summed E-state index contributed by atoms with van der Waals surface area (Å²) in [4.78, 5) is 0. The lowest BCUT2D eigenvalue weighted by Crippen LogP contribution is -2.45. The van der Waals surface area contributed by atoms with E-state index in [1.54, 1.807) is 12.1 Å². The first kappa shape index (κ1) is 31.9. The second-order valence-corrected chi connectivity index (χ2v) is 19.4. The molecular weight excluding hydrogens is 568 g/mol. The smallest absolute Gasteiger partial charge is 0.410 e. The van der Waals surface area contributed by atoms with E-state index in [9.17, 15) is 22.7 Å². The minimum absolute atomic E-state index is 0.0200. The molecule has 232 valence electrons. The molecule has 1 spiro atoms. The molecule has 0 amide bonds. The van der Waals surface area contributed by atoms with Crippen LogP contribution in [0.4, 0.5) is 17.6 Å². The second kappa shape index (κ2) is 11.1. The number of hydrogen-bond donors (Lipinski definition) is 1. The molecule has 0 bridgehead atoms. The zero-order valence-corrected chi connectivity index (χ0v) is 27.3. The maximum Gasteiger partial charge on any atom is 0.416 e. The summed E-state index contributed by atoms with van der Waals surface area (Å²) < 4.78 is 61.6. The Balaban J connectivity index is 1.79. The standard InChI is InChI=1S/C36H44F4O2Si/c1-22(2)28-19-25-20-35(17-8-18-35)21-29(42-43(6,7)34(3,4)5)30(25)31(23-11-15-27(37)16-12-23)32(28)33(41)24-9-13-26(14-10-24)36(38,39)40/h9-16,19,22,29,33,41H,8,17-18,20-21H2,1-7H3. The Hall–Kier alpha value is -2.48. The molecule has 5 rings (SSSR count). The molecule has 1 N–H and O–H groups in total. The summed E-state index contributed by atoms with van der Waals surface area (Å²) in [5.41, 5.74) is 5.27. The van der Waals surface area contributed by atoms with Gasteiger partial charge in [-0.25, -0.2) is 4.39 Å². The minimum atomic E-state index is -4.47. The monoisotopic (exact) mass is 612 g/mol. The summed E-state index contributed by atoms with van der Waals surface area (Å²) in [6.07, 6.45) is -0.534. The Kier molecular flexibility index (Phi) is 8.28. The third-order valence-electron chi connectivity index (χ3n) is 10.3. The van der Waals surface area contributed by atoms with E-state index in [2.05, 4.69) is 53.8 Å². The lowest BCUT2D eigenvalue weighted by molar-refractivity contribution is -0.137. The fraction of sp³-hybridized carbons (Fsp3) is 0.500. The van der Waals surface area contributed by atoms with E-state index in [1.165, 1.54) is 36.2 Å². The molecule has 0 aliphatic heterocycles. The molecule has 7 heteroatoms. The summed E-state index contributed by atoms with van der Waals surface area (Å²) >= 11 is 0. The molecule has 0 radical (unpaired) electrons. The molecule has 0 saturated heterocycles. The van der Waals surface area contributed by atoms with Gasteiger partial charge < -0.3 is 9.53 Å². The Bertz CT molecular complexity index is 1460. The van der Waals surface area contributed by atoms with Gasteiger partial charge in [0.25, 0.3) is 0 Å². The third-order valence-corrected chi connectivity index (χ3v) is 14.8. The SMILES string of the molecule is CC(C)c1cc2c(c(-c3ccc(F)cc3)c1C(O)c1ccc(C(F)(F)F)cc1)C(O[Si](C)(C)C(C)(C)C)CC1(CCC1)C2. The molecular formula is C36H44F4O2Si. The number of alkyl halides is 3. The number of benzene rings is 3. The predicted molar refractivity (Wildman–Crippen MR) is 167 cm³/mol. The van der Waals surface area contributed by atoms with Crippen molar-refractivity contribution in [1.82, 2.24) is 0 Å². The van der Waals surface area contributed by atoms with Crippen molar-refractivity contribution in [2.45, 2.75) is 109 Å². The molecule has 2 aliphatic carbocycles. The lowest BCUT2D eigenvalue weighted by atomic mass is 9.58. The highest BCUT2D eigenvalue weighted by Crippen LogP contribution is 2.58. The molecule has 2 nitrogen and oxygen atoms in total. The highest BCUT2D eigenvalue weighted by molar-refractivity contribution is 6.74. The van der Waals surface area contributed by atoms with Crippen LogP contribution in [0.25, 0.3) is 11.1 Å². The van der Waals surface area contributed by atoms with Gasteiger partial charge in [-0.15, -0.1) is 0 Å². The summed E-state index contributed by atoms with van der Waals surface area (Å²) in [6.45, 7) is 15.3. The number of aliphatic hydroxyl groups excluding tert-OH is 1. The van der Waals surface area contributed by atoms with Gasteiger partial charge in [-0.2, -0.15) is 13.2 Å². The average Bonchev–Trinajstić information content (AvgIpc) is 2.90. The van der Waals surface area contributed by atoms with Crippen molar-refractivity contribution in [1.29, 1.82) is 0 Å². The van der Waals surface area contributed by atoms with Gasteiger partial charge in [0, 0.05) is 0 Å². The van der Waals surface area contributed by atoms with Crippen LogP contribution in [-0.4, -0.2) is 13.4 Å². The van der Waals surface area contributed by atoms with Gasteiger partial charge in [0.2, 0.25) is 0 Å². The van der Waals surface area contributed by atoms with Gasteiger partial charge in [-0.05, 0) is 118 Å². The van der Waals surface area contributed by atoms with Crippen LogP contribution in [0, 0.1) is 11.2 Å². The van der Waals surface area contributed by atoms with E-state index in [0.717, 1.165) is 60.1 Å². The van der Waals surface area contributed by atoms with E-state index in [1.807, 2.05) is 0 Å². The zero-order valence-electron chi connectivity index (χ0n) is 26.3. The molecule has 2 atom stereocenters. The summed E-state index contributed by atoms with van der Waals surface area (Å²) in [7, 11) is -2.24. The van der Waals surface area contributed by atoms with Gasteiger partial charge in [0.15, 0.2) is 8.32 Å². The zero-order chi connectivity index (χ0) is 31.5. The second-order valence-electron chi connectivity index (χ2n) is 14.6. The van der Waals surface area contributed by atoms with Crippen LogP contribution in [0.1, 0.15) is 112 Å². The fourth-order valence-electron chi connectivity index (χ4n) is 6.69. The quantitative estimate of drug-likeness (QED) is 0.222. The number of halogens is 4. The number of aliphatic hydroxyl groups is 1. The van der Waals surface area contributed by atoms with E-state index in [0.29, 0.717) is 11.1 Å². The lowest BCUT2D eigenvalue weighted by Gasteiger charge is -2.51. The van der Waals surface area contributed by atoms with Crippen molar-refractivity contribution in [2.75, 3.05) is 0 Å². The molecule has 2 aliphatic rings. The molecule has 1 saturated carbocycles. The topological polar surface area (TPSA) is 29.5 Å². The van der Waals surface area contributed by atoms with Gasteiger partial charge >= 0.3 is 6.18 Å². The predicted octanol–water partition coefficient (Wildman–Crippen LogP) is 10.9. The Morgan fingerprint density at radius 3 is 2.05 bits per heavy atom. The van der Waals surface area contributed by atoms with Crippen molar-refractivity contribution >= 4 is 8.32 Å². The molecule has 3 aromatic carbocycles. The van der Waals surface area contributed by atoms with Crippen LogP contribution in [0.2, 0.25) is 18.1 Å².